The van der Waals surface area contributed by atoms with Crippen LogP contribution in [0.3, 0.4) is 0 Å². The summed E-state index contributed by atoms with van der Waals surface area (Å²) in [5.41, 5.74) is 5.06. The third-order valence-electron chi connectivity index (χ3n) is 4.05. The number of halogens is 1. The zero-order valence-electron chi connectivity index (χ0n) is 12.6. The van der Waals surface area contributed by atoms with Crippen LogP contribution in [0.25, 0.3) is 6.08 Å². The molecule has 0 radical (unpaired) electrons. The van der Waals surface area contributed by atoms with Crippen LogP contribution >= 0.6 is 22.6 Å². The standard InChI is InChI=1S/C19H18INO/c1-13-17(12-15-4-2-3-5-18(15)21-13)19(22)11-8-14-6-9-16(20)10-7-14/h6-12H,2-5H2,1H3/b11-8-. The summed E-state index contributed by atoms with van der Waals surface area (Å²) < 4.78 is 1.19. The fourth-order valence-corrected chi connectivity index (χ4v) is 3.18. The first-order chi connectivity index (χ1) is 10.6. The van der Waals surface area contributed by atoms with Crippen molar-refractivity contribution in [2.24, 2.45) is 0 Å². The molecule has 1 aliphatic carbocycles. The van der Waals surface area contributed by atoms with Crippen LogP contribution in [-0.4, -0.2) is 10.8 Å². The Morgan fingerprint density at radius 1 is 1.18 bits per heavy atom. The summed E-state index contributed by atoms with van der Waals surface area (Å²) in [6.45, 7) is 1.93. The normalized spacial score (nSPS) is 14.1. The zero-order chi connectivity index (χ0) is 15.5. The van der Waals surface area contributed by atoms with E-state index in [9.17, 15) is 4.79 Å². The molecule has 0 atom stereocenters. The fourth-order valence-electron chi connectivity index (χ4n) is 2.82. The predicted molar refractivity (Wildman–Crippen MR) is 98.1 cm³/mol. The van der Waals surface area contributed by atoms with Gasteiger partial charge in [-0.2, -0.15) is 0 Å². The van der Waals surface area contributed by atoms with Crippen LogP contribution in [0, 0.1) is 10.5 Å². The van der Waals surface area contributed by atoms with Gasteiger partial charge in [0.2, 0.25) is 0 Å². The number of hydrogen-bond acceptors (Lipinski definition) is 2. The van der Waals surface area contributed by atoms with E-state index in [0.717, 1.165) is 29.7 Å². The summed E-state index contributed by atoms with van der Waals surface area (Å²) in [6.07, 6.45) is 8.02. The molecule has 0 aliphatic heterocycles. The summed E-state index contributed by atoms with van der Waals surface area (Å²) in [5.74, 6) is 0.0388. The van der Waals surface area contributed by atoms with Crippen molar-refractivity contribution in [2.45, 2.75) is 32.6 Å². The Hall–Kier alpha value is -1.49. The van der Waals surface area contributed by atoms with Crippen molar-refractivity contribution >= 4 is 34.5 Å². The zero-order valence-corrected chi connectivity index (χ0v) is 14.8. The first-order valence-electron chi connectivity index (χ1n) is 7.61. The van der Waals surface area contributed by atoms with Crippen LogP contribution in [0.5, 0.6) is 0 Å². The lowest BCUT2D eigenvalue weighted by Crippen LogP contribution is -2.10. The monoisotopic (exact) mass is 403 g/mol. The van der Waals surface area contributed by atoms with E-state index in [-0.39, 0.29) is 5.78 Å². The molecule has 0 spiro atoms. The summed E-state index contributed by atoms with van der Waals surface area (Å²) in [5, 5.41) is 0. The third kappa shape index (κ3) is 3.46. The molecule has 0 saturated carbocycles. The second-order valence-electron chi connectivity index (χ2n) is 5.68. The molecule has 112 valence electrons. The van der Waals surface area contributed by atoms with Crippen LogP contribution < -0.4 is 0 Å². The molecule has 22 heavy (non-hydrogen) atoms. The third-order valence-corrected chi connectivity index (χ3v) is 4.77. The first-order valence-corrected chi connectivity index (χ1v) is 8.69. The number of allylic oxidation sites excluding steroid dienone is 1. The van der Waals surface area contributed by atoms with Crippen LogP contribution in [0.1, 0.15) is 45.7 Å². The molecular weight excluding hydrogens is 385 g/mol. The van der Waals surface area contributed by atoms with Crippen molar-refractivity contribution < 1.29 is 4.79 Å². The van der Waals surface area contributed by atoms with Crippen molar-refractivity contribution in [2.75, 3.05) is 0 Å². The molecule has 1 aromatic carbocycles. The molecule has 3 rings (SSSR count). The van der Waals surface area contributed by atoms with Crippen molar-refractivity contribution in [3.05, 3.63) is 68.1 Å². The van der Waals surface area contributed by atoms with Gasteiger partial charge in [0, 0.05) is 20.5 Å². The number of aryl methyl sites for hydroxylation is 3. The number of carbonyl (C=O) groups is 1. The Kier molecular flexibility index (Phi) is 4.71. The van der Waals surface area contributed by atoms with Gasteiger partial charge in [-0.25, -0.2) is 0 Å². The van der Waals surface area contributed by atoms with Crippen molar-refractivity contribution in [1.29, 1.82) is 0 Å². The number of carbonyl (C=O) groups excluding carboxylic acids is 1. The Bertz CT molecular complexity index is 732. The van der Waals surface area contributed by atoms with Crippen LogP contribution in [0.4, 0.5) is 0 Å². The van der Waals surface area contributed by atoms with E-state index in [0.29, 0.717) is 0 Å². The SMILES string of the molecule is Cc1nc2c(cc1C(=O)/C=C\c1ccc(I)cc1)CCCC2. The molecule has 1 aromatic heterocycles. The molecule has 2 aromatic rings. The minimum Gasteiger partial charge on any atom is -0.289 e. The average Bonchev–Trinajstić information content (AvgIpc) is 2.53. The Morgan fingerprint density at radius 2 is 1.91 bits per heavy atom. The van der Waals surface area contributed by atoms with E-state index >= 15 is 0 Å². The molecule has 2 nitrogen and oxygen atoms in total. The lowest BCUT2D eigenvalue weighted by atomic mass is 9.93. The van der Waals surface area contributed by atoms with E-state index in [1.807, 2.05) is 37.3 Å². The molecule has 1 aliphatic rings. The number of ketones is 1. The largest absolute Gasteiger partial charge is 0.289 e. The van der Waals surface area contributed by atoms with Crippen LogP contribution in [-0.2, 0) is 12.8 Å². The highest BCUT2D eigenvalue weighted by Gasteiger charge is 2.15. The van der Waals surface area contributed by atoms with Gasteiger partial charge in [-0.05, 0) is 90.6 Å². The van der Waals surface area contributed by atoms with E-state index in [1.165, 1.54) is 27.7 Å². The van der Waals surface area contributed by atoms with E-state index in [1.54, 1.807) is 6.08 Å². The lowest BCUT2D eigenvalue weighted by Gasteiger charge is -2.16. The maximum absolute atomic E-state index is 12.5. The van der Waals surface area contributed by atoms with Crippen molar-refractivity contribution in [1.82, 2.24) is 4.98 Å². The molecule has 0 amide bonds. The highest BCUT2D eigenvalue weighted by molar-refractivity contribution is 14.1. The predicted octanol–water partition coefficient (Wildman–Crippen LogP) is 4.77. The Morgan fingerprint density at radius 3 is 2.68 bits per heavy atom. The molecule has 0 unspecified atom stereocenters. The van der Waals surface area contributed by atoms with Crippen LogP contribution in [0.2, 0.25) is 0 Å². The first kappa shape index (κ1) is 15.4. The second-order valence-corrected chi connectivity index (χ2v) is 6.93. The second kappa shape index (κ2) is 6.73. The summed E-state index contributed by atoms with van der Waals surface area (Å²) in [4.78, 5) is 17.1. The highest BCUT2D eigenvalue weighted by Crippen LogP contribution is 2.22. The molecule has 3 heteroatoms. The number of rotatable bonds is 3. The number of nitrogens with zero attached hydrogens (tertiary/aromatic N) is 1. The Balaban J connectivity index is 1.84. The van der Waals surface area contributed by atoms with E-state index < -0.39 is 0 Å². The van der Waals surface area contributed by atoms with Gasteiger partial charge in [-0.1, -0.05) is 18.2 Å². The molecular formula is C19H18INO. The minimum atomic E-state index is 0.0388. The molecule has 0 N–H and O–H groups in total. The molecule has 0 saturated heterocycles. The van der Waals surface area contributed by atoms with Gasteiger partial charge in [0.15, 0.2) is 5.78 Å². The van der Waals surface area contributed by atoms with Gasteiger partial charge in [0.25, 0.3) is 0 Å². The quantitative estimate of drug-likeness (QED) is 0.420. The van der Waals surface area contributed by atoms with Gasteiger partial charge >= 0.3 is 0 Å². The summed E-state index contributed by atoms with van der Waals surface area (Å²) in [6, 6.07) is 10.2. The summed E-state index contributed by atoms with van der Waals surface area (Å²) >= 11 is 2.27. The fraction of sp³-hybridized carbons (Fsp3) is 0.263. The lowest BCUT2D eigenvalue weighted by molar-refractivity contribution is 0.104. The van der Waals surface area contributed by atoms with Gasteiger partial charge < -0.3 is 0 Å². The smallest absolute Gasteiger partial charge is 0.187 e. The van der Waals surface area contributed by atoms with E-state index in [2.05, 4.69) is 33.6 Å². The molecule has 0 bridgehead atoms. The van der Waals surface area contributed by atoms with Gasteiger partial charge in [-0.15, -0.1) is 0 Å². The topological polar surface area (TPSA) is 30.0 Å². The van der Waals surface area contributed by atoms with Gasteiger partial charge in [0.05, 0.1) is 0 Å². The maximum atomic E-state index is 12.5. The number of benzene rings is 1. The molecule has 1 heterocycles. The maximum Gasteiger partial charge on any atom is 0.187 e. The van der Waals surface area contributed by atoms with Gasteiger partial charge in [-0.3, -0.25) is 9.78 Å². The van der Waals surface area contributed by atoms with Crippen LogP contribution in [0.15, 0.2) is 36.4 Å². The highest BCUT2D eigenvalue weighted by atomic mass is 127. The number of aromatic nitrogens is 1. The minimum absolute atomic E-state index is 0.0388. The Labute approximate surface area is 144 Å². The molecule has 0 fully saturated rings. The summed E-state index contributed by atoms with van der Waals surface area (Å²) in [7, 11) is 0. The average molecular weight is 403 g/mol. The number of pyridine rings is 1. The number of fused-ring (bicyclic) bond motifs is 1. The number of hydrogen-bond donors (Lipinski definition) is 0. The van der Waals surface area contributed by atoms with E-state index in [4.69, 9.17) is 0 Å². The van der Waals surface area contributed by atoms with Gasteiger partial charge in [0.1, 0.15) is 0 Å². The van der Waals surface area contributed by atoms with Crippen molar-refractivity contribution in [3.63, 3.8) is 0 Å². The van der Waals surface area contributed by atoms with Crippen molar-refractivity contribution in [3.8, 4) is 0 Å².